The second-order valence-electron chi connectivity index (χ2n) is 9.16. The highest BCUT2D eigenvalue weighted by atomic mass is 35.5. The first kappa shape index (κ1) is 24.4. The van der Waals surface area contributed by atoms with Gasteiger partial charge in [0.05, 0.1) is 34.5 Å². The van der Waals surface area contributed by atoms with Crippen LogP contribution < -0.4 is 10.2 Å². The summed E-state index contributed by atoms with van der Waals surface area (Å²) >= 11 is 6.07. The van der Waals surface area contributed by atoms with Gasteiger partial charge in [-0.25, -0.2) is 4.68 Å². The minimum Gasteiger partial charge on any atom is -0.379 e. The van der Waals surface area contributed by atoms with Gasteiger partial charge in [0.2, 0.25) is 5.91 Å². The summed E-state index contributed by atoms with van der Waals surface area (Å²) in [6.45, 7) is 10.7. The molecule has 0 radical (unpaired) electrons. The van der Waals surface area contributed by atoms with Crippen molar-refractivity contribution < 1.29 is 9.53 Å². The molecule has 1 saturated heterocycles. The van der Waals surface area contributed by atoms with Crippen molar-refractivity contribution in [2.45, 2.75) is 53.1 Å². The number of carbonyl (C=O) groups excluding carboxylic acids is 1. The highest BCUT2D eigenvalue weighted by Crippen LogP contribution is 2.31. The maximum atomic E-state index is 12.8. The van der Waals surface area contributed by atoms with E-state index in [9.17, 15) is 4.79 Å². The zero-order chi connectivity index (χ0) is 24.2. The molecule has 4 rings (SSSR count). The molecule has 1 amide bonds. The van der Waals surface area contributed by atoms with Gasteiger partial charge in [-0.1, -0.05) is 11.6 Å². The van der Waals surface area contributed by atoms with Crippen molar-refractivity contribution in [2.75, 3.05) is 31.1 Å². The van der Waals surface area contributed by atoms with Gasteiger partial charge in [0.1, 0.15) is 5.52 Å². The number of anilines is 1. The third-order valence-electron chi connectivity index (χ3n) is 6.22. The molecule has 34 heavy (non-hydrogen) atoms. The topological polar surface area (TPSA) is 85.2 Å². The Hall–Kier alpha value is -2.71. The Morgan fingerprint density at radius 3 is 2.74 bits per heavy atom. The molecular weight excluding hydrogens is 452 g/mol. The maximum absolute atomic E-state index is 12.8. The zero-order valence-electron chi connectivity index (χ0n) is 20.3. The number of nitrogens with zero attached hydrogens (tertiary/aromatic N) is 5. The van der Waals surface area contributed by atoms with E-state index >= 15 is 0 Å². The van der Waals surface area contributed by atoms with Crippen molar-refractivity contribution in [2.24, 2.45) is 5.92 Å². The largest absolute Gasteiger partial charge is 0.379 e. The Kier molecular flexibility index (Phi) is 7.68. The first-order valence-electron chi connectivity index (χ1n) is 12.0. The number of benzene rings is 1. The predicted molar refractivity (Wildman–Crippen MR) is 135 cm³/mol. The van der Waals surface area contributed by atoms with Crippen LogP contribution >= 0.6 is 11.6 Å². The number of nitrogens with one attached hydrogen (secondary N) is 1. The molecule has 1 aromatic carbocycles. The van der Waals surface area contributed by atoms with E-state index in [1.54, 1.807) is 0 Å². The molecule has 1 atom stereocenters. The van der Waals surface area contributed by atoms with Gasteiger partial charge in [-0.15, -0.1) is 5.10 Å². The Balaban J connectivity index is 1.52. The number of aryl methyl sites for hydroxylation is 2. The van der Waals surface area contributed by atoms with E-state index < -0.39 is 0 Å². The molecule has 1 N–H and O–H groups in total. The standard InChI is InChI=1S/C25H33ClN6O2/c1-16(2)34-14-6-12-27-25(33)19-7-5-13-31(15-19)24-23-22(17(3)28-29-24)18(4)32(30-23)21-10-8-20(26)9-11-21/h8-11,16,19H,5-7,12-15H2,1-4H3,(H,27,33)/t19-/m1/s1. The van der Waals surface area contributed by atoms with E-state index in [2.05, 4.69) is 20.4 Å². The lowest BCUT2D eigenvalue weighted by atomic mass is 9.97. The van der Waals surface area contributed by atoms with Gasteiger partial charge in [-0.2, -0.15) is 10.2 Å². The van der Waals surface area contributed by atoms with Gasteiger partial charge in [0, 0.05) is 31.3 Å². The molecule has 0 spiro atoms. The first-order valence-corrected chi connectivity index (χ1v) is 12.4. The van der Waals surface area contributed by atoms with Crippen LogP contribution in [-0.4, -0.2) is 58.2 Å². The summed E-state index contributed by atoms with van der Waals surface area (Å²) in [5, 5.41) is 18.6. The lowest BCUT2D eigenvalue weighted by molar-refractivity contribution is -0.125. The molecule has 9 heteroatoms. The number of halogens is 1. The number of aromatic nitrogens is 4. The lowest BCUT2D eigenvalue weighted by Crippen LogP contribution is -2.43. The van der Waals surface area contributed by atoms with Gasteiger partial charge >= 0.3 is 0 Å². The van der Waals surface area contributed by atoms with E-state index in [-0.39, 0.29) is 17.9 Å². The molecule has 3 heterocycles. The van der Waals surface area contributed by atoms with Gasteiger partial charge in [0.25, 0.3) is 0 Å². The van der Waals surface area contributed by atoms with Crippen LogP contribution in [0.5, 0.6) is 0 Å². The molecule has 1 fully saturated rings. The van der Waals surface area contributed by atoms with Crippen LogP contribution in [0, 0.1) is 19.8 Å². The fraction of sp³-hybridized carbons (Fsp3) is 0.520. The number of carbonyl (C=O) groups is 1. The van der Waals surface area contributed by atoms with E-state index in [1.807, 2.05) is 56.6 Å². The van der Waals surface area contributed by atoms with Crippen LogP contribution in [-0.2, 0) is 9.53 Å². The first-order chi connectivity index (χ1) is 16.3. The summed E-state index contributed by atoms with van der Waals surface area (Å²) in [7, 11) is 0. The molecule has 0 aliphatic carbocycles. The minimum absolute atomic E-state index is 0.0858. The number of hydrogen-bond donors (Lipinski definition) is 1. The second-order valence-corrected chi connectivity index (χ2v) is 9.59. The van der Waals surface area contributed by atoms with E-state index in [1.165, 1.54) is 0 Å². The summed E-state index contributed by atoms with van der Waals surface area (Å²) in [4.78, 5) is 15.0. The Morgan fingerprint density at radius 2 is 2.00 bits per heavy atom. The van der Waals surface area contributed by atoms with Crippen molar-refractivity contribution in [1.29, 1.82) is 0 Å². The highest BCUT2D eigenvalue weighted by molar-refractivity contribution is 6.30. The Bertz CT molecular complexity index is 1140. The Morgan fingerprint density at radius 1 is 1.24 bits per heavy atom. The van der Waals surface area contributed by atoms with Crippen LogP contribution in [0.25, 0.3) is 16.6 Å². The smallest absolute Gasteiger partial charge is 0.224 e. The molecule has 0 bridgehead atoms. The average Bonchev–Trinajstić information content (AvgIpc) is 3.17. The van der Waals surface area contributed by atoms with Crippen LogP contribution in [0.2, 0.25) is 5.02 Å². The third-order valence-corrected chi connectivity index (χ3v) is 6.47. The summed E-state index contributed by atoms with van der Waals surface area (Å²) in [6.07, 6.45) is 2.81. The SMILES string of the molecule is Cc1nnc(N2CCC[C@@H](C(=O)NCCCOC(C)C)C2)c2nn(-c3ccc(Cl)cc3)c(C)c12. The second kappa shape index (κ2) is 10.7. The molecule has 182 valence electrons. The molecule has 2 aromatic heterocycles. The molecule has 0 unspecified atom stereocenters. The molecular formula is C25H33ClN6O2. The van der Waals surface area contributed by atoms with Crippen LogP contribution in [0.1, 0.15) is 44.5 Å². The van der Waals surface area contributed by atoms with Crippen molar-refractivity contribution in [3.63, 3.8) is 0 Å². The monoisotopic (exact) mass is 484 g/mol. The van der Waals surface area contributed by atoms with E-state index in [0.717, 1.165) is 59.6 Å². The van der Waals surface area contributed by atoms with Gasteiger partial charge in [0.15, 0.2) is 5.82 Å². The minimum atomic E-state index is -0.0858. The molecule has 3 aromatic rings. The van der Waals surface area contributed by atoms with Gasteiger partial charge in [-0.3, -0.25) is 4.79 Å². The van der Waals surface area contributed by atoms with Gasteiger partial charge < -0.3 is 15.0 Å². The summed E-state index contributed by atoms with van der Waals surface area (Å²) in [6, 6.07) is 7.61. The predicted octanol–water partition coefficient (Wildman–Crippen LogP) is 4.23. The highest BCUT2D eigenvalue weighted by Gasteiger charge is 2.29. The van der Waals surface area contributed by atoms with Crippen molar-refractivity contribution in [1.82, 2.24) is 25.3 Å². The summed E-state index contributed by atoms with van der Waals surface area (Å²) in [5.74, 6) is 0.741. The van der Waals surface area contributed by atoms with E-state index in [0.29, 0.717) is 24.7 Å². The number of rotatable bonds is 8. The maximum Gasteiger partial charge on any atom is 0.224 e. The number of fused-ring (bicyclic) bond motifs is 1. The van der Waals surface area contributed by atoms with Crippen molar-refractivity contribution in [3.05, 3.63) is 40.7 Å². The summed E-state index contributed by atoms with van der Waals surface area (Å²) < 4.78 is 7.46. The number of amides is 1. The van der Waals surface area contributed by atoms with Crippen LogP contribution in [0.4, 0.5) is 5.82 Å². The molecule has 1 aliphatic rings. The lowest BCUT2D eigenvalue weighted by Gasteiger charge is -2.32. The number of piperidine rings is 1. The third kappa shape index (κ3) is 5.33. The van der Waals surface area contributed by atoms with Crippen LogP contribution in [0.3, 0.4) is 0 Å². The number of hydrogen-bond acceptors (Lipinski definition) is 6. The molecule has 8 nitrogen and oxygen atoms in total. The van der Waals surface area contributed by atoms with E-state index in [4.69, 9.17) is 21.4 Å². The average molecular weight is 485 g/mol. The van der Waals surface area contributed by atoms with Gasteiger partial charge in [-0.05, 0) is 71.2 Å². The van der Waals surface area contributed by atoms with Crippen LogP contribution in [0.15, 0.2) is 24.3 Å². The fourth-order valence-electron chi connectivity index (χ4n) is 4.49. The quantitative estimate of drug-likeness (QED) is 0.481. The molecule has 0 saturated carbocycles. The fourth-order valence-corrected chi connectivity index (χ4v) is 4.61. The normalized spacial score (nSPS) is 16.4. The Labute approximate surface area is 205 Å². The van der Waals surface area contributed by atoms with Crippen molar-refractivity contribution >= 4 is 34.2 Å². The zero-order valence-corrected chi connectivity index (χ0v) is 21.1. The van der Waals surface area contributed by atoms with Crippen molar-refractivity contribution in [3.8, 4) is 5.69 Å². The summed E-state index contributed by atoms with van der Waals surface area (Å²) in [5.41, 5.74) is 3.58. The number of ether oxygens (including phenoxy) is 1. The molecule has 1 aliphatic heterocycles.